The van der Waals surface area contributed by atoms with E-state index in [1.165, 1.54) is 6.92 Å². The van der Waals surface area contributed by atoms with E-state index in [4.69, 9.17) is 61.6 Å². The van der Waals surface area contributed by atoms with Gasteiger partial charge in [-0.2, -0.15) is 0 Å². The van der Waals surface area contributed by atoms with Gasteiger partial charge in [-0.25, -0.2) is 0 Å². The van der Waals surface area contributed by atoms with Crippen LogP contribution in [0.25, 0.3) is 0 Å². The Morgan fingerprint density at radius 3 is 1.03 bits per heavy atom. The molecule has 7 saturated heterocycles. The highest BCUT2D eigenvalue weighted by molar-refractivity contribution is 5.74. The largest absolute Gasteiger partial charge is 0.394 e. The zero-order valence-corrected chi connectivity index (χ0v) is 50.7. The number of aliphatic hydroxyl groups is 18. The molecular weight excluding hydrogens is 1250 g/mol. The van der Waals surface area contributed by atoms with Crippen molar-refractivity contribution in [3.63, 3.8) is 0 Å². The second kappa shape index (κ2) is 33.3. The topological polar surface area (TPSA) is 601 Å². The Kier molecular flexibility index (Phi) is 27.5. The van der Waals surface area contributed by atoms with Gasteiger partial charge < -0.3 is 175 Å². The second-order valence-corrected chi connectivity index (χ2v) is 23.9. The minimum absolute atomic E-state index is 0.358. The minimum atomic E-state index is -2.43. The number of aliphatic hydroxyl groups excluding tert-OH is 18. The average Bonchev–Trinajstić information content (AvgIpc) is 0.814. The molecule has 0 aliphatic carbocycles. The highest BCUT2D eigenvalue weighted by atomic mass is 16.8. The van der Waals surface area contributed by atoms with Crippen LogP contribution >= 0.6 is 0 Å². The highest BCUT2D eigenvalue weighted by Gasteiger charge is 2.59. The molecule has 7 fully saturated rings. The van der Waals surface area contributed by atoms with Gasteiger partial charge in [0.15, 0.2) is 37.7 Å². The summed E-state index contributed by atoms with van der Waals surface area (Å²) in [5.74, 6) is -3.41. The molecule has 35 atom stereocenters. The van der Waals surface area contributed by atoms with Crippen molar-refractivity contribution >= 4 is 23.6 Å². The van der Waals surface area contributed by atoms with Crippen LogP contribution in [0.3, 0.4) is 0 Å². The SMILES string of the molecule is CC(=O)NC1[C@H](OC2C(O)[C@H](O)C(CO)O[C@@H]2O[C@@H]2C(O)[C@H](O[C@@H]3C(CO)O[C@@H](O[C@@H]4C(CO)O[C@@H](C(C)C)C(NC(C)=O)[C@H]4O)C(NC(C)=O)[C@H]3O)OC(CO[C@H]3OC(CO)[C@@H](O)[C@H](O)C3O[C@@H]3OC(CO)[C@@H](O)[C@H](O)C3NC(C)=O)[C@H]2O)OC(CO)[C@@H](O)[C@@H]1O. The molecule has 0 bridgehead atoms. The molecule has 532 valence electrons. The fourth-order valence-electron chi connectivity index (χ4n) is 12.1. The summed E-state index contributed by atoms with van der Waals surface area (Å²) in [6, 6.07) is -6.33. The Bertz CT molecular complexity index is 2360. The van der Waals surface area contributed by atoms with Crippen molar-refractivity contribution in [3.05, 3.63) is 0 Å². The molecule has 0 radical (unpaired) electrons. The Morgan fingerprint density at radius 1 is 0.315 bits per heavy atom. The predicted octanol–water partition coefficient (Wildman–Crippen LogP) is -14.0. The van der Waals surface area contributed by atoms with Gasteiger partial charge in [0.25, 0.3) is 0 Å². The number of rotatable bonds is 24. The maximum atomic E-state index is 12.9. The molecule has 7 heterocycles. The number of amides is 4. The van der Waals surface area contributed by atoms with Gasteiger partial charge in [0.05, 0.1) is 58.4 Å². The number of ether oxygens (including phenoxy) is 13. The summed E-state index contributed by atoms with van der Waals surface area (Å²) in [6.45, 7) is 0.739. The van der Waals surface area contributed by atoms with Crippen LogP contribution in [0, 0.1) is 5.92 Å². The summed E-state index contributed by atoms with van der Waals surface area (Å²) in [4.78, 5) is 50.0. The van der Waals surface area contributed by atoms with E-state index >= 15 is 0 Å². The lowest BCUT2D eigenvalue weighted by molar-refractivity contribution is -0.395. The van der Waals surface area contributed by atoms with Gasteiger partial charge in [0.1, 0.15) is 165 Å². The van der Waals surface area contributed by atoms with Crippen LogP contribution in [-0.4, -0.2) is 376 Å². The smallest absolute Gasteiger partial charge is 0.217 e. The number of carbonyl (C=O) groups excluding carboxylic acids is 4. The van der Waals surface area contributed by atoms with Crippen molar-refractivity contribution in [3.8, 4) is 0 Å². The number of hydrogen-bond donors (Lipinski definition) is 22. The van der Waals surface area contributed by atoms with Crippen molar-refractivity contribution < 1.29 is 173 Å². The van der Waals surface area contributed by atoms with Crippen molar-refractivity contribution in [1.82, 2.24) is 21.3 Å². The first-order valence-electron chi connectivity index (χ1n) is 29.8. The molecule has 7 aliphatic rings. The third-order valence-electron chi connectivity index (χ3n) is 16.9. The van der Waals surface area contributed by atoms with Crippen LogP contribution < -0.4 is 21.3 Å². The zero-order valence-electron chi connectivity index (χ0n) is 50.7. The molecule has 0 saturated carbocycles. The number of carbonyl (C=O) groups is 4. The van der Waals surface area contributed by atoms with Crippen LogP contribution in [0.15, 0.2) is 0 Å². The van der Waals surface area contributed by atoms with Crippen molar-refractivity contribution in [2.45, 2.75) is 256 Å². The lowest BCUT2D eigenvalue weighted by Gasteiger charge is -2.51. The van der Waals surface area contributed by atoms with Crippen LogP contribution in [-0.2, 0) is 80.8 Å². The Balaban J connectivity index is 1.25. The molecule has 7 aliphatic heterocycles. The van der Waals surface area contributed by atoms with E-state index in [1.807, 2.05) is 0 Å². The van der Waals surface area contributed by atoms with E-state index < -0.39 is 284 Å². The molecule has 92 heavy (non-hydrogen) atoms. The molecule has 4 amide bonds. The minimum Gasteiger partial charge on any atom is -0.394 e. The molecule has 0 aromatic heterocycles. The lowest BCUT2D eigenvalue weighted by atomic mass is 9.87. The van der Waals surface area contributed by atoms with E-state index in [0.717, 1.165) is 20.8 Å². The van der Waals surface area contributed by atoms with E-state index in [0.29, 0.717) is 0 Å². The quantitative estimate of drug-likeness (QED) is 0.0427. The molecular formula is C53H90N4O35. The fraction of sp³-hybridized carbons (Fsp3) is 0.925. The molecule has 22 N–H and O–H groups in total. The average molecular weight is 1340 g/mol. The van der Waals surface area contributed by atoms with Gasteiger partial charge in [0.2, 0.25) is 23.6 Å². The summed E-state index contributed by atoms with van der Waals surface area (Å²) in [6.07, 6.45) is -59.7. The summed E-state index contributed by atoms with van der Waals surface area (Å²) < 4.78 is 77.9. The number of hydrogen-bond acceptors (Lipinski definition) is 35. The Labute approximate surface area is 524 Å². The van der Waals surface area contributed by atoms with Gasteiger partial charge >= 0.3 is 0 Å². The Morgan fingerprint density at radius 2 is 0.620 bits per heavy atom. The van der Waals surface area contributed by atoms with E-state index in [-0.39, 0.29) is 5.92 Å². The van der Waals surface area contributed by atoms with Crippen LogP contribution in [0.2, 0.25) is 0 Å². The van der Waals surface area contributed by atoms with Gasteiger partial charge in [-0.3, -0.25) is 19.2 Å². The summed E-state index contributed by atoms with van der Waals surface area (Å²) in [7, 11) is 0. The molecule has 15 unspecified atom stereocenters. The molecule has 0 aromatic rings. The zero-order chi connectivity index (χ0) is 68.1. The summed E-state index contributed by atoms with van der Waals surface area (Å²) in [5, 5.41) is 209. The fourth-order valence-corrected chi connectivity index (χ4v) is 12.1. The maximum absolute atomic E-state index is 12.9. The number of nitrogens with one attached hydrogen (secondary N) is 4. The summed E-state index contributed by atoms with van der Waals surface area (Å²) in [5.41, 5.74) is 0. The van der Waals surface area contributed by atoms with Gasteiger partial charge in [-0.1, -0.05) is 13.8 Å². The second-order valence-electron chi connectivity index (χ2n) is 23.9. The van der Waals surface area contributed by atoms with Gasteiger partial charge in [-0.15, -0.1) is 0 Å². The van der Waals surface area contributed by atoms with Crippen molar-refractivity contribution in [2.24, 2.45) is 5.92 Å². The molecule has 0 spiro atoms. The predicted molar refractivity (Wildman–Crippen MR) is 291 cm³/mol. The highest BCUT2D eigenvalue weighted by Crippen LogP contribution is 2.38. The normalized spacial score (nSPS) is 46.9. The monoisotopic (exact) mass is 1340 g/mol. The van der Waals surface area contributed by atoms with E-state index in [2.05, 4.69) is 21.3 Å². The van der Waals surface area contributed by atoms with Crippen molar-refractivity contribution in [1.29, 1.82) is 0 Å². The maximum Gasteiger partial charge on any atom is 0.217 e. The Hall–Kier alpha value is -3.36. The lowest BCUT2D eigenvalue weighted by Crippen LogP contribution is -2.71. The first-order chi connectivity index (χ1) is 43.4. The standard InChI is InChI=1S/C53H90N4O35/c1-14(2)42-26(54-15(3)64)37(75)43(23(11-62)81-42)88-50-29(57-18(6)67)38(76)44(24(12-63)86-50)89-51-41(79)45(90-53-47(40(78)33(71)22(10-61)85-53)92-49-28(56-17(5)66)36(74)31(69)20(8-59)83-49)34(72)25(87-51)13-80-52-46(39(77)32(70)21(9-60)84-52)91-48-27(55-16(4)65)35(73)30(68)19(7-58)82-48/h14,19-53,58-63,68-79H,7-13H2,1-6H3,(H,54,64)(H,55,65)(H,56,66)(H,57,67)/t19?,20?,21?,22?,23?,24?,25?,26?,27?,28?,29?,30-,31-,32-,33-,34-,35-,36-,37-,38-,39+,40?,41?,42+,43-,44-,45+,46?,47?,48+,49+,50+,51+,52+,53-/m1/s1. The molecule has 0 aromatic carbocycles. The van der Waals surface area contributed by atoms with Gasteiger partial charge in [-0.05, 0) is 5.92 Å². The first-order valence-corrected chi connectivity index (χ1v) is 29.8. The van der Waals surface area contributed by atoms with Gasteiger partial charge in [0, 0.05) is 27.7 Å². The van der Waals surface area contributed by atoms with Crippen LogP contribution in [0.1, 0.15) is 41.5 Å². The molecule has 7 rings (SSSR count). The van der Waals surface area contributed by atoms with Crippen LogP contribution in [0.4, 0.5) is 0 Å². The third kappa shape index (κ3) is 16.9. The van der Waals surface area contributed by atoms with Crippen molar-refractivity contribution in [2.75, 3.05) is 46.2 Å². The third-order valence-corrected chi connectivity index (χ3v) is 16.9. The molecule has 39 nitrogen and oxygen atoms in total. The van der Waals surface area contributed by atoms with E-state index in [1.54, 1.807) is 13.8 Å². The van der Waals surface area contributed by atoms with E-state index in [9.17, 15) is 111 Å². The molecule has 39 heteroatoms. The summed E-state index contributed by atoms with van der Waals surface area (Å²) >= 11 is 0. The first kappa shape index (κ1) is 76.0. The van der Waals surface area contributed by atoms with Crippen LogP contribution in [0.5, 0.6) is 0 Å².